The number of nitrogens with two attached hydrogens (primary N) is 2. The second-order valence-electron chi connectivity index (χ2n) is 17.9. The van der Waals surface area contributed by atoms with Gasteiger partial charge in [0.05, 0.1) is 10.8 Å². The number of hydrogen-bond donors (Lipinski definition) is 3. The van der Waals surface area contributed by atoms with E-state index in [9.17, 15) is 5.11 Å². The van der Waals surface area contributed by atoms with Crippen LogP contribution in [0, 0.1) is 0 Å². The van der Waals surface area contributed by atoms with E-state index >= 15 is 0 Å². The van der Waals surface area contributed by atoms with E-state index < -0.39 is 6.10 Å². The van der Waals surface area contributed by atoms with E-state index in [1.165, 1.54) is 44.9 Å². The molecule has 5 N–H and O–H groups in total. The summed E-state index contributed by atoms with van der Waals surface area (Å²) in [6.07, 6.45) is 16.6. The lowest BCUT2D eigenvalue weighted by Crippen LogP contribution is -2.50. The van der Waals surface area contributed by atoms with E-state index in [0.717, 1.165) is 99.5 Å². The third kappa shape index (κ3) is 8.94. The number of likely N-dealkylation sites (N-methyl/N-ethyl adjacent to an activating group) is 1. The first-order valence-corrected chi connectivity index (χ1v) is 23.2. The van der Waals surface area contributed by atoms with Crippen LogP contribution >= 0.6 is 0 Å². The average Bonchev–Trinajstić information content (AvgIpc) is 4.13. The first kappa shape index (κ1) is 42.4. The highest BCUT2D eigenvalue weighted by atomic mass is 16.5. The molecule has 2 aliphatic carbocycles. The minimum Gasteiger partial charge on any atom is -0.457 e. The normalized spacial score (nSPS) is 19.0. The van der Waals surface area contributed by atoms with Crippen LogP contribution < -0.4 is 16.2 Å². The van der Waals surface area contributed by atoms with Crippen molar-refractivity contribution in [2.24, 2.45) is 0 Å². The molecule has 4 aromatic heterocycles. The number of nitrogen functional groups attached to an aromatic ring is 2. The summed E-state index contributed by atoms with van der Waals surface area (Å²) < 4.78 is 10.6. The zero-order valence-electron chi connectivity index (χ0n) is 37.1. The lowest BCUT2D eigenvalue weighted by molar-refractivity contribution is 0.0791. The molecule has 0 amide bonds. The third-order valence-electron chi connectivity index (χ3n) is 13.9. The van der Waals surface area contributed by atoms with Crippen molar-refractivity contribution in [1.29, 1.82) is 0 Å². The Morgan fingerprint density at radius 2 is 1.05 bits per heavy atom. The first-order chi connectivity index (χ1) is 31.9. The predicted octanol–water partition coefficient (Wildman–Crippen LogP) is 10.1. The highest BCUT2D eigenvalue weighted by Crippen LogP contribution is 2.41. The summed E-state index contributed by atoms with van der Waals surface area (Å²) >= 11 is 0. The van der Waals surface area contributed by atoms with Gasteiger partial charge in [0.25, 0.3) is 0 Å². The quantitative estimate of drug-likeness (QED) is 0.128. The molecule has 0 bridgehead atoms. The van der Waals surface area contributed by atoms with Gasteiger partial charge in [-0.3, -0.25) is 4.90 Å². The van der Waals surface area contributed by atoms with Crippen LogP contribution in [0.15, 0.2) is 134 Å². The van der Waals surface area contributed by atoms with Gasteiger partial charge >= 0.3 is 0 Å². The van der Waals surface area contributed by atoms with Gasteiger partial charge in [-0.05, 0) is 92.1 Å². The van der Waals surface area contributed by atoms with Gasteiger partial charge in [0, 0.05) is 67.8 Å². The van der Waals surface area contributed by atoms with Gasteiger partial charge in [0.15, 0.2) is 0 Å². The van der Waals surface area contributed by atoms with E-state index in [0.29, 0.717) is 29.8 Å². The topological polar surface area (TPSA) is 149 Å². The van der Waals surface area contributed by atoms with E-state index in [-0.39, 0.29) is 0 Å². The molecular weight excluding hydrogens is 809 g/mol. The summed E-state index contributed by atoms with van der Waals surface area (Å²) in [7, 11) is 2.22. The van der Waals surface area contributed by atoms with Crippen LogP contribution in [0.5, 0.6) is 11.5 Å². The van der Waals surface area contributed by atoms with Gasteiger partial charge in [0.1, 0.15) is 53.2 Å². The Balaban J connectivity index is 0.000000157. The van der Waals surface area contributed by atoms with Crippen LogP contribution in [-0.2, 0) is 0 Å². The maximum atomic E-state index is 10.7. The zero-order valence-corrected chi connectivity index (χ0v) is 37.1. The highest BCUT2D eigenvalue weighted by Gasteiger charge is 2.31. The smallest absolute Gasteiger partial charge is 0.146 e. The molecule has 8 aromatic rings. The van der Waals surface area contributed by atoms with Crippen LogP contribution in [0.25, 0.3) is 44.3 Å². The fraction of sp³-hybridized carbons (Fsp3) is 0.321. The van der Waals surface area contributed by atoms with Crippen LogP contribution in [0.2, 0.25) is 0 Å². The van der Waals surface area contributed by atoms with Crippen LogP contribution in [0.1, 0.15) is 80.7 Å². The second-order valence-corrected chi connectivity index (χ2v) is 17.9. The number of ether oxygens (including phenoxy) is 1. The standard InChI is InChI=1S/C29H34N6O.C24H24N4O/c1-33-14-16-34(17-15-33)22-6-5-7-23(18-22)35-19-26(27-28(30)31-20-32-29(27)35)21-10-12-25(13-11-21)36-24-8-3-2-4-9-24;25-23-21-20(14-28(19-8-4-5-9-19)24(21)27-15-26-23)16-10-12-18(13-11-16)22(29)17-6-2-1-3-7-17/h2-4,8-13,19-20,22-23H,5-7,14-18H2,1H3,(H2,30,31,32);1-3,6-7,10-15,19,22,29H,4-5,8-9H2,(H2,25,26,27). The van der Waals surface area contributed by atoms with Crippen LogP contribution in [-0.4, -0.2) is 83.2 Å². The van der Waals surface area contributed by atoms with Gasteiger partial charge in [0.2, 0.25) is 0 Å². The Labute approximate surface area is 380 Å². The number of aromatic nitrogens is 6. The van der Waals surface area contributed by atoms with Crippen LogP contribution in [0.4, 0.5) is 11.6 Å². The van der Waals surface area contributed by atoms with Crippen molar-refractivity contribution in [3.05, 3.63) is 145 Å². The van der Waals surface area contributed by atoms with E-state index in [2.05, 4.69) is 65.5 Å². The van der Waals surface area contributed by atoms with Crippen molar-refractivity contribution in [3.63, 3.8) is 0 Å². The number of benzene rings is 4. The van der Waals surface area contributed by atoms with Crippen molar-refractivity contribution in [2.75, 3.05) is 44.7 Å². The number of para-hydroxylation sites is 1. The number of nitrogens with zero attached hydrogens (tertiary/aromatic N) is 8. The predicted molar refractivity (Wildman–Crippen MR) is 260 cm³/mol. The molecule has 3 unspecified atom stereocenters. The summed E-state index contributed by atoms with van der Waals surface area (Å²) in [4.78, 5) is 23.0. The second kappa shape index (κ2) is 18.9. The lowest BCUT2D eigenvalue weighted by Gasteiger charge is -2.41. The Morgan fingerprint density at radius 3 is 1.65 bits per heavy atom. The summed E-state index contributed by atoms with van der Waals surface area (Å²) in [5.41, 5.74) is 20.5. The molecule has 1 saturated heterocycles. The molecule has 12 nitrogen and oxygen atoms in total. The van der Waals surface area contributed by atoms with E-state index in [1.54, 1.807) is 12.7 Å². The molecule has 1 aliphatic heterocycles. The number of fused-ring (bicyclic) bond motifs is 2. The van der Waals surface area contributed by atoms with Crippen molar-refractivity contribution in [3.8, 4) is 33.8 Å². The first-order valence-electron chi connectivity index (χ1n) is 23.2. The Hall–Kier alpha value is -6.60. The summed E-state index contributed by atoms with van der Waals surface area (Å²) in [6, 6.07) is 37.3. The number of piperazine rings is 1. The monoisotopic (exact) mass is 866 g/mol. The van der Waals surface area contributed by atoms with Crippen molar-refractivity contribution >= 4 is 33.7 Å². The van der Waals surface area contributed by atoms with E-state index in [1.807, 2.05) is 97.1 Å². The van der Waals surface area contributed by atoms with Crippen molar-refractivity contribution in [2.45, 2.75) is 75.6 Å². The zero-order chi connectivity index (χ0) is 44.3. The Kier molecular flexibility index (Phi) is 12.3. The lowest BCUT2D eigenvalue weighted by atomic mass is 9.89. The van der Waals surface area contributed by atoms with Gasteiger partial charge in [-0.25, -0.2) is 19.9 Å². The summed E-state index contributed by atoms with van der Waals surface area (Å²) in [6.45, 7) is 4.65. The van der Waals surface area contributed by atoms with Crippen LogP contribution in [0.3, 0.4) is 0 Å². The number of rotatable bonds is 9. The molecule has 65 heavy (non-hydrogen) atoms. The highest BCUT2D eigenvalue weighted by molar-refractivity contribution is 6.01. The molecule has 3 aliphatic rings. The molecule has 0 radical (unpaired) electrons. The Bertz CT molecular complexity index is 2830. The van der Waals surface area contributed by atoms with Crippen molar-refractivity contribution in [1.82, 2.24) is 38.9 Å². The fourth-order valence-electron chi connectivity index (χ4n) is 10.3. The molecule has 4 aromatic carbocycles. The largest absolute Gasteiger partial charge is 0.457 e. The fourth-order valence-corrected chi connectivity index (χ4v) is 10.3. The van der Waals surface area contributed by atoms with Crippen molar-refractivity contribution < 1.29 is 9.84 Å². The molecule has 3 fully saturated rings. The molecule has 12 heteroatoms. The third-order valence-corrected chi connectivity index (χ3v) is 13.9. The molecule has 5 heterocycles. The summed E-state index contributed by atoms with van der Waals surface area (Å²) in [5, 5.41) is 12.5. The van der Waals surface area contributed by atoms with Gasteiger partial charge in [-0.15, -0.1) is 0 Å². The number of hydrogen-bond acceptors (Lipinski definition) is 10. The van der Waals surface area contributed by atoms with Gasteiger partial charge in [-0.1, -0.05) is 97.8 Å². The molecular formula is C53H58N10O2. The van der Waals surface area contributed by atoms with Gasteiger partial charge in [-0.2, -0.15) is 0 Å². The van der Waals surface area contributed by atoms with Gasteiger partial charge < -0.3 is 35.3 Å². The maximum absolute atomic E-state index is 10.7. The molecule has 332 valence electrons. The maximum Gasteiger partial charge on any atom is 0.146 e. The van der Waals surface area contributed by atoms with E-state index in [4.69, 9.17) is 21.2 Å². The molecule has 3 atom stereocenters. The molecule has 11 rings (SSSR count). The number of aliphatic hydroxyl groups is 1. The average molecular weight is 867 g/mol. The SMILES string of the molecule is CN1CCN(C2CCCC(n3cc(-c4ccc(Oc5ccccc5)cc4)c4c(N)ncnc43)C2)CC1.Nc1ncnc2c1c(-c1ccc(C(O)c3ccccc3)cc1)cn2C1CCCC1. The Morgan fingerprint density at radius 1 is 0.554 bits per heavy atom. The molecule has 0 spiro atoms. The summed E-state index contributed by atoms with van der Waals surface area (Å²) in [5.74, 6) is 2.67. The number of anilines is 2. The minimum atomic E-state index is -0.640. The number of aliphatic hydroxyl groups excluding tert-OH is 1. The minimum absolute atomic E-state index is 0.412. The molecule has 2 saturated carbocycles.